The van der Waals surface area contributed by atoms with E-state index in [4.69, 9.17) is 8.85 Å². The molecule has 1 unspecified atom stereocenters. The summed E-state index contributed by atoms with van der Waals surface area (Å²) in [5, 5.41) is 7.76. The first-order chi connectivity index (χ1) is 17.6. The molecule has 0 aliphatic heterocycles. The minimum absolute atomic E-state index is 0.0565. The van der Waals surface area contributed by atoms with Crippen LogP contribution in [0.3, 0.4) is 0 Å². The van der Waals surface area contributed by atoms with Crippen molar-refractivity contribution in [2.45, 2.75) is 17.7 Å². The molecule has 1 atom stereocenters. The molecular weight excluding hydrogens is 456 g/mol. The van der Waals surface area contributed by atoms with Crippen molar-refractivity contribution in [3.8, 4) is 17.1 Å². The van der Waals surface area contributed by atoms with E-state index in [2.05, 4.69) is 25.6 Å². The molecule has 2 aromatic heterocycles. The summed E-state index contributed by atoms with van der Waals surface area (Å²) in [4.78, 5) is 38.1. The summed E-state index contributed by atoms with van der Waals surface area (Å²) in [7, 11) is 0.219. The smallest absolute Gasteiger partial charge is 0.254 e. The Hall–Kier alpha value is -3.86. The number of hydrogen-bond donors (Lipinski definition) is 3. The number of anilines is 3. The third kappa shape index (κ3) is 5.04. The van der Waals surface area contributed by atoms with Gasteiger partial charge in [-0.25, -0.2) is 15.0 Å². The van der Waals surface area contributed by atoms with Crippen LogP contribution in [0, 0.1) is 5.92 Å². The van der Waals surface area contributed by atoms with Gasteiger partial charge in [-0.15, -0.1) is 0 Å². The number of methoxy groups -OCH3 is 1. The summed E-state index contributed by atoms with van der Waals surface area (Å²) < 4.78 is 39.4. The number of carbonyl (C=O) groups excluding carboxylic acids is 2. The van der Waals surface area contributed by atoms with Crippen LogP contribution in [0.5, 0.6) is 5.75 Å². The highest BCUT2D eigenvalue weighted by Crippen LogP contribution is 2.37. The lowest BCUT2D eigenvalue weighted by molar-refractivity contribution is -0.117. The number of nitrogens with zero attached hydrogens (tertiary/aromatic N) is 3. The van der Waals surface area contributed by atoms with Gasteiger partial charge in [-0.2, -0.15) is 0 Å². The number of rotatable bonds is 8. The first-order valence-electron chi connectivity index (χ1n) is 11.8. The quantitative estimate of drug-likeness (QED) is 0.445. The lowest BCUT2D eigenvalue weighted by Crippen LogP contribution is -2.20. The number of pyridine rings is 1. The van der Waals surface area contributed by atoms with Crippen LogP contribution in [0.2, 0.25) is 0 Å². The molecule has 34 heavy (non-hydrogen) atoms. The van der Waals surface area contributed by atoms with Gasteiger partial charge in [-0.05, 0) is 25.0 Å². The standard InChI is InChI=1S/C23H24N6O4S/c1-24-23(31)16-12-25-19(29-22(30)13-7-8-13)9-18(16)28-17-6-4-5-15(20(17)33-2)21-26-10-14(11-27-21)34(3)32/h4-6,9-13H,7-8H2,1-3H3,(H,24,31)(H2,25,28,29,30)/i1D3. The molecule has 0 bridgehead atoms. The number of carbonyl (C=O) groups is 2. The Balaban J connectivity index is 1.72. The molecule has 1 saturated carbocycles. The molecule has 1 aromatic carbocycles. The molecule has 10 nitrogen and oxygen atoms in total. The van der Waals surface area contributed by atoms with Crippen LogP contribution >= 0.6 is 0 Å². The number of ether oxygens (including phenoxy) is 1. The van der Waals surface area contributed by atoms with Gasteiger partial charge in [0.1, 0.15) is 5.82 Å². The summed E-state index contributed by atoms with van der Waals surface area (Å²) in [6.07, 6.45) is 7.25. The molecular formula is C23H24N6O4S. The number of aromatic nitrogens is 3. The summed E-state index contributed by atoms with van der Waals surface area (Å²) in [5.41, 5.74) is 1.07. The fourth-order valence-electron chi connectivity index (χ4n) is 3.23. The highest BCUT2D eigenvalue weighted by Gasteiger charge is 2.30. The van der Waals surface area contributed by atoms with Crippen molar-refractivity contribution in [1.29, 1.82) is 0 Å². The molecule has 3 aromatic rings. The van der Waals surface area contributed by atoms with Gasteiger partial charge in [0.05, 0.1) is 45.3 Å². The Labute approximate surface area is 203 Å². The summed E-state index contributed by atoms with van der Waals surface area (Å²) >= 11 is 0. The van der Waals surface area contributed by atoms with E-state index >= 15 is 0 Å². The average Bonchev–Trinajstić information content (AvgIpc) is 3.69. The second-order valence-electron chi connectivity index (χ2n) is 7.54. The summed E-state index contributed by atoms with van der Waals surface area (Å²) in [6, 6.07) is 6.58. The van der Waals surface area contributed by atoms with E-state index in [9.17, 15) is 13.8 Å². The van der Waals surface area contributed by atoms with Gasteiger partial charge in [-0.3, -0.25) is 13.8 Å². The van der Waals surface area contributed by atoms with Crippen LogP contribution in [0.15, 0.2) is 47.8 Å². The maximum atomic E-state index is 12.7. The molecule has 1 aliphatic carbocycles. The Morgan fingerprint density at radius 2 is 1.91 bits per heavy atom. The fourth-order valence-corrected chi connectivity index (χ4v) is 3.63. The van der Waals surface area contributed by atoms with E-state index in [1.807, 2.05) is 5.32 Å². The number of amides is 2. The Morgan fingerprint density at radius 1 is 1.15 bits per heavy atom. The predicted octanol–water partition coefficient (Wildman–Crippen LogP) is 2.74. The van der Waals surface area contributed by atoms with Gasteiger partial charge in [0.2, 0.25) is 5.91 Å². The van der Waals surface area contributed by atoms with Crippen molar-refractivity contribution in [1.82, 2.24) is 20.3 Å². The molecule has 1 fully saturated rings. The van der Waals surface area contributed by atoms with Gasteiger partial charge in [0.15, 0.2) is 11.6 Å². The molecule has 3 N–H and O–H groups in total. The second-order valence-corrected chi connectivity index (χ2v) is 8.92. The number of nitrogens with one attached hydrogen (secondary N) is 3. The van der Waals surface area contributed by atoms with Crippen molar-refractivity contribution in [3.63, 3.8) is 0 Å². The number of para-hydroxylation sites is 1. The van der Waals surface area contributed by atoms with Crippen molar-refractivity contribution in [2.24, 2.45) is 5.92 Å². The summed E-state index contributed by atoms with van der Waals surface area (Å²) in [6.45, 7) is -2.71. The van der Waals surface area contributed by atoms with E-state index in [1.165, 1.54) is 38.0 Å². The van der Waals surface area contributed by atoms with E-state index in [0.717, 1.165) is 12.8 Å². The molecule has 2 amide bonds. The third-order valence-corrected chi connectivity index (χ3v) is 6.03. The van der Waals surface area contributed by atoms with Crippen LogP contribution in [0.4, 0.5) is 17.2 Å². The largest absolute Gasteiger partial charge is 0.494 e. The first-order valence-corrected chi connectivity index (χ1v) is 11.8. The zero-order chi connectivity index (χ0) is 26.7. The highest BCUT2D eigenvalue weighted by atomic mass is 32.2. The minimum atomic E-state index is -2.71. The third-order valence-electron chi connectivity index (χ3n) is 5.15. The van der Waals surface area contributed by atoms with E-state index in [-0.39, 0.29) is 28.9 Å². The SMILES string of the molecule is [2H]C([2H])([2H])NC(=O)c1cnc(NC(=O)C2CC2)cc1Nc1cccc(-c2ncc(S(C)=O)cn2)c1OC. The molecule has 1 aliphatic rings. The van der Waals surface area contributed by atoms with Gasteiger partial charge in [0, 0.05) is 47.9 Å². The zero-order valence-electron chi connectivity index (χ0n) is 21.4. The highest BCUT2D eigenvalue weighted by molar-refractivity contribution is 7.84. The minimum Gasteiger partial charge on any atom is -0.494 e. The number of hydrogen-bond acceptors (Lipinski definition) is 8. The topological polar surface area (TPSA) is 135 Å². The molecule has 4 rings (SSSR count). The van der Waals surface area contributed by atoms with Gasteiger partial charge >= 0.3 is 0 Å². The molecule has 0 spiro atoms. The molecule has 2 heterocycles. The zero-order valence-corrected chi connectivity index (χ0v) is 19.2. The van der Waals surface area contributed by atoms with Crippen LogP contribution < -0.4 is 20.7 Å². The van der Waals surface area contributed by atoms with Crippen LogP contribution in [-0.4, -0.2) is 51.3 Å². The lowest BCUT2D eigenvalue weighted by atomic mass is 10.1. The van der Waals surface area contributed by atoms with E-state index in [1.54, 1.807) is 18.2 Å². The average molecular weight is 484 g/mol. The first kappa shape index (κ1) is 19.6. The summed E-state index contributed by atoms with van der Waals surface area (Å²) in [5.74, 6) is -0.253. The maximum Gasteiger partial charge on any atom is 0.254 e. The van der Waals surface area contributed by atoms with Gasteiger partial charge < -0.3 is 20.7 Å². The second kappa shape index (κ2) is 9.96. The normalized spacial score (nSPS) is 15.3. The predicted molar refractivity (Wildman–Crippen MR) is 129 cm³/mol. The molecule has 0 saturated heterocycles. The lowest BCUT2D eigenvalue weighted by Gasteiger charge is -2.17. The molecule has 11 heteroatoms. The van der Waals surface area contributed by atoms with E-state index < -0.39 is 23.7 Å². The molecule has 176 valence electrons. The monoisotopic (exact) mass is 483 g/mol. The Bertz CT molecular complexity index is 1360. The van der Waals surface area contributed by atoms with Crippen LogP contribution in [0.25, 0.3) is 11.4 Å². The fraction of sp³-hybridized carbons (Fsp3) is 0.261. The van der Waals surface area contributed by atoms with Crippen molar-refractivity contribution < 1.29 is 22.6 Å². The van der Waals surface area contributed by atoms with E-state index in [0.29, 0.717) is 27.7 Å². The Kier molecular flexibility index (Phi) is 5.74. The van der Waals surface area contributed by atoms with Crippen LogP contribution in [-0.2, 0) is 15.6 Å². The van der Waals surface area contributed by atoms with Gasteiger partial charge in [0.25, 0.3) is 5.91 Å². The van der Waals surface area contributed by atoms with Crippen molar-refractivity contribution in [2.75, 3.05) is 31.0 Å². The maximum absolute atomic E-state index is 12.7. The Morgan fingerprint density at radius 3 is 2.56 bits per heavy atom. The van der Waals surface area contributed by atoms with Crippen LogP contribution in [0.1, 0.15) is 27.3 Å². The molecule has 0 radical (unpaired) electrons. The number of benzene rings is 1. The van der Waals surface area contributed by atoms with Crippen molar-refractivity contribution in [3.05, 3.63) is 48.4 Å². The van der Waals surface area contributed by atoms with Gasteiger partial charge in [-0.1, -0.05) is 6.07 Å². The van der Waals surface area contributed by atoms with Crippen molar-refractivity contribution >= 4 is 39.8 Å².